The van der Waals surface area contributed by atoms with Crippen LogP contribution in [0, 0.1) is 11.3 Å². The molecule has 4 aromatic rings. The molecule has 5 rings (SSSR count). The number of nitrogens with one attached hydrogen (secondary N) is 2. The predicted octanol–water partition coefficient (Wildman–Crippen LogP) is 7.37. The molecule has 0 spiro atoms. The van der Waals surface area contributed by atoms with Gasteiger partial charge in [0, 0.05) is 27.4 Å². The molecule has 5 nitrogen and oxygen atoms in total. The standard InChI is InChI=1S/C32H25N3O2S2/c1-21-29(31(37)35-25-11-6-3-7-12-25)30(28-13-8-18-38-28)26(19-33)32(34-21)39-20-27(36)24-16-14-23(15-17-24)22-9-4-2-5-10-22/h2-18,30,34H,20H2,1H3,(H,35,37). The Labute approximate surface area is 235 Å². The molecule has 0 saturated heterocycles. The van der Waals surface area contributed by atoms with E-state index in [4.69, 9.17) is 0 Å². The minimum Gasteiger partial charge on any atom is -0.353 e. The number of allylic oxidation sites excluding steroid dienone is 2. The Hall–Kier alpha value is -4.38. The van der Waals surface area contributed by atoms with Crippen molar-refractivity contribution >= 4 is 40.5 Å². The molecule has 1 amide bonds. The summed E-state index contributed by atoms with van der Waals surface area (Å²) >= 11 is 2.79. The highest BCUT2D eigenvalue weighted by molar-refractivity contribution is 8.03. The third-order valence-electron chi connectivity index (χ3n) is 6.41. The van der Waals surface area contributed by atoms with E-state index in [1.54, 1.807) is 0 Å². The minimum absolute atomic E-state index is 0.0341. The first-order valence-electron chi connectivity index (χ1n) is 12.4. The first-order chi connectivity index (χ1) is 19.0. The van der Waals surface area contributed by atoms with Gasteiger partial charge in [0.1, 0.15) is 0 Å². The van der Waals surface area contributed by atoms with E-state index >= 15 is 0 Å². The number of anilines is 1. The average molecular weight is 548 g/mol. The molecule has 2 N–H and O–H groups in total. The molecule has 1 aliphatic rings. The van der Waals surface area contributed by atoms with Gasteiger partial charge in [-0.1, -0.05) is 90.6 Å². The first kappa shape index (κ1) is 26.2. The molecule has 1 atom stereocenters. The van der Waals surface area contributed by atoms with Crippen molar-refractivity contribution in [3.05, 3.63) is 135 Å². The van der Waals surface area contributed by atoms with Crippen molar-refractivity contribution in [1.29, 1.82) is 5.26 Å². The number of carbonyl (C=O) groups excluding carboxylic acids is 2. The Morgan fingerprint density at radius 3 is 2.23 bits per heavy atom. The number of thiophene rings is 1. The Kier molecular flexibility index (Phi) is 8.07. The normalized spacial score (nSPS) is 14.9. The zero-order valence-corrected chi connectivity index (χ0v) is 22.8. The Bertz CT molecular complexity index is 1580. The maximum absolute atomic E-state index is 13.4. The second-order valence-electron chi connectivity index (χ2n) is 8.94. The fraction of sp³-hybridized carbons (Fsp3) is 0.0938. The van der Waals surface area contributed by atoms with Crippen molar-refractivity contribution < 1.29 is 9.59 Å². The number of dihydropyridines is 1. The summed E-state index contributed by atoms with van der Waals surface area (Å²) in [5, 5.41) is 19.0. The maximum Gasteiger partial charge on any atom is 0.254 e. The molecular formula is C32H25N3O2S2. The van der Waals surface area contributed by atoms with E-state index in [1.807, 2.05) is 109 Å². The van der Waals surface area contributed by atoms with Crippen LogP contribution in [0.15, 0.2) is 124 Å². The van der Waals surface area contributed by atoms with E-state index in [-0.39, 0.29) is 17.4 Å². The molecule has 1 aliphatic heterocycles. The fourth-order valence-corrected chi connectivity index (χ4v) is 6.32. The molecule has 0 bridgehead atoms. The number of thioether (sulfide) groups is 1. The van der Waals surface area contributed by atoms with E-state index in [2.05, 4.69) is 16.7 Å². The largest absolute Gasteiger partial charge is 0.353 e. The number of benzene rings is 3. The van der Waals surface area contributed by atoms with Crippen LogP contribution >= 0.6 is 23.1 Å². The molecule has 0 saturated carbocycles. The number of ketones is 1. The van der Waals surface area contributed by atoms with Crippen LogP contribution in [0.1, 0.15) is 28.1 Å². The van der Waals surface area contributed by atoms with Crippen molar-refractivity contribution in [3.8, 4) is 17.2 Å². The highest BCUT2D eigenvalue weighted by Crippen LogP contribution is 2.42. The number of Topliss-reactive ketones (excluding diaryl/α,β-unsaturated/α-hetero) is 1. The van der Waals surface area contributed by atoms with Crippen LogP contribution in [0.25, 0.3) is 11.1 Å². The molecule has 0 aliphatic carbocycles. The Morgan fingerprint density at radius 2 is 1.59 bits per heavy atom. The third kappa shape index (κ3) is 5.88. The molecule has 0 fully saturated rings. The second-order valence-corrected chi connectivity index (χ2v) is 10.9. The SMILES string of the molecule is CC1=C(C(=O)Nc2ccccc2)C(c2cccs2)C(C#N)=C(SCC(=O)c2ccc(-c3ccccc3)cc2)N1. The van der Waals surface area contributed by atoms with Gasteiger partial charge in [-0.05, 0) is 41.6 Å². The lowest BCUT2D eigenvalue weighted by molar-refractivity contribution is -0.113. The first-order valence-corrected chi connectivity index (χ1v) is 14.2. The maximum atomic E-state index is 13.4. The minimum atomic E-state index is -0.525. The lowest BCUT2D eigenvalue weighted by Gasteiger charge is -2.29. The summed E-state index contributed by atoms with van der Waals surface area (Å²) in [6.07, 6.45) is 0. The number of rotatable bonds is 8. The number of nitriles is 1. The van der Waals surface area contributed by atoms with Crippen LogP contribution in [-0.2, 0) is 4.79 Å². The number of hydrogen-bond acceptors (Lipinski definition) is 6. The van der Waals surface area contributed by atoms with E-state index in [0.29, 0.717) is 33.1 Å². The highest BCUT2D eigenvalue weighted by Gasteiger charge is 2.35. The molecule has 3 aromatic carbocycles. The van der Waals surface area contributed by atoms with Gasteiger partial charge < -0.3 is 10.6 Å². The fourth-order valence-electron chi connectivity index (χ4n) is 4.49. The van der Waals surface area contributed by atoms with Crippen molar-refractivity contribution in [2.24, 2.45) is 0 Å². The Balaban J connectivity index is 1.37. The molecule has 1 unspecified atom stereocenters. The third-order valence-corrected chi connectivity index (χ3v) is 8.37. The lowest BCUT2D eigenvalue weighted by atomic mass is 9.86. The van der Waals surface area contributed by atoms with Gasteiger partial charge in [-0.25, -0.2) is 0 Å². The second kappa shape index (κ2) is 12.0. The summed E-state index contributed by atoms with van der Waals surface area (Å²) in [5.41, 5.74) is 5.01. The zero-order valence-electron chi connectivity index (χ0n) is 21.2. The van der Waals surface area contributed by atoms with Crippen LogP contribution in [0.2, 0.25) is 0 Å². The number of nitrogens with zero attached hydrogens (tertiary/aromatic N) is 1. The molecule has 2 heterocycles. The molecule has 1 aromatic heterocycles. The van der Waals surface area contributed by atoms with Crippen molar-refractivity contribution in [2.45, 2.75) is 12.8 Å². The van der Waals surface area contributed by atoms with Crippen molar-refractivity contribution in [1.82, 2.24) is 5.32 Å². The molecule has 192 valence electrons. The van der Waals surface area contributed by atoms with Crippen molar-refractivity contribution in [3.63, 3.8) is 0 Å². The predicted molar refractivity (Wildman–Crippen MR) is 159 cm³/mol. The van der Waals surface area contributed by atoms with Gasteiger partial charge in [-0.2, -0.15) is 5.26 Å². The van der Waals surface area contributed by atoms with Crippen LogP contribution in [0.5, 0.6) is 0 Å². The Morgan fingerprint density at radius 1 is 0.923 bits per heavy atom. The average Bonchev–Trinajstić information content (AvgIpc) is 3.51. The van der Waals surface area contributed by atoms with Gasteiger partial charge in [0.25, 0.3) is 5.91 Å². The number of amides is 1. The quantitative estimate of drug-likeness (QED) is 0.225. The smallest absolute Gasteiger partial charge is 0.254 e. The summed E-state index contributed by atoms with van der Waals surface area (Å²) in [4.78, 5) is 27.4. The molecule has 39 heavy (non-hydrogen) atoms. The lowest BCUT2D eigenvalue weighted by Crippen LogP contribution is -2.30. The van der Waals surface area contributed by atoms with Gasteiger partial charge in [0.05, 0.1) is 28.3 Å². The van der Waals surface area contributed by atoms with Gasteiger partial charge >= 0.3 is 0 Å². The van der Waals surface area contributed by atoms with E-state index in [1.165, 1.54) is 23.1 Å². The van der Waals surface area contributed by atoms with Crippen LogP contribution < -0.4 is 10.6 Å². The summed E-state index contributed by atoms with van der Waals surface area (Å²) < 4.78 is 0. The van der Waals surface area contributed by atoms with Gasteiger partial charge in [0.15, 0.2) is 5.78 Å². The number of para-hydroxylation sites is 1. The van der Waals surface area contributed by atoms with Gasteiger partial charge in [0.2, 0.25) is 0 Å². The van der Waals surface area contributed by atoms with Crippen LogP contribution in [0.3, 0.4) is 0 Å². The summed E-state index contributed by atoms with van der Waals surface area (Å²) in [7, 11) is 0. The van der Waals surface area contributed by atoms with Gasteiger partial charge in [-0.3, -0.25) is 9.59 Å². The summed E-state index contributed by atoms with van der Waals surface area (Å²) in [6.45, 7) is 1.83. The van der Waals surface area contributed by atoms with E-state index < -0.39 is 5.92 Å². The van der Waals surface area contributed by atoms with Crippen molar-refractivity contribution in [2.75, 3.05) is 11.1 Å². The van der Waals surface area contributed by atoms with Gasteiger partial charge in [-0.15, -0.1) is 11.3 Å². The van der Waals surface area contributed by atoms with E-state index in [0.717, 1.165) is 16.0 Å². The van der Waals surface area contributed by atoms with E-state index in [9.17, 15) is 14.9 Å². The molecular weight excluding hydrogens is 523 g/mol. The van der Waals surface area contributed by atoms with Crippen LogP contribution in [-0.4, -0.2) is 17.4 Å². The summed E-state index contributed by atoms with van der Waals surface area (Å²) in [6, 6.07) is 33.0. The highest BCUT2D eigenvalue weighted by atomic mass is 32.2. The topological polar surface area (TPSA) is 82.0 Å². The molecule has 0 radical (unpaired) electrons. The van der Waals surface area contributed by atoms with Crippen LogP contribution in [0.4, 0.5) is 5.69 Å². The summed E-state index contributed by atoms with van der Waals surface area (Å²) in [5.74, 6) is -0.666. The monoisotopic (exact) mass is 547 g/mol. The molecule has 7 heteroatoms. The number of hydrogen-bond donors (Lipinski definition) is 2. The zero-order chi connectivity index (χ0) is 27.2. The number of carbonyl (C=O) groups is 2.